The minimum Gasteiger partial charge on any atom is -0.0836 e. The molecule has 0 aliphatic rings. The molecule has 0 bridgehead atoms. The van der Waals surface area contributed by atoms with E-state index < -0.39 is 0 Å². The average Bonchev–Trinajstić information content (AvgIpc) is 2.72. The lowest BCUT2D eigenvalue weighted by atomic mass is 9.90. The number of hydrogen-bond donors (Lipinski definition) is 0. The van der Waals surface area contributed by atoms with Gasteiger partial charge in [0.05, 0.1) is 0 Å². The predicted octanol–water partition coefficient (Wildman–Crippen LogP) is 8.29. The molecular formula is C27H19Cl. The Morgan fingerprint density at radius 3 is 2.25 bits per heavy atom. The van der Waals surface area contributed by atoms with E-state index in [9.17, 15) is 0 Å². The Balaban J connectivity index is 1.80. The van der Waals surface area contributed by atoms with Gasteiger partial charge in [-0.05, 0) is 57.3 Å². The van der Waals surface area contributed by atoms with Gasteiger partial charge < -0.3 is 0 Å². The van der Waals surface area contributed by atoms with Crippen molar-refractivity contribution in [2.24, 2.45) is 0 Å². The van der Waals surface area contributed by atoms with Gasteiger partial charge in [0.15, 0.2) is 0 Å². The molecule has 0 saturated carbocycles. The van der Waals surface area contributed by atoms with Gasteiger partial charge >= 0.3 is 0 Å². The Morgan fingerprint density at radius 2 is 1.32 bits per heavy atom. The monoisotopic (exact) mass is 378 g/mol. The number of rotatable bonds is 2. The van der Waals surface area contributed by atoms with E-state index in [4.69, 9.17) is 11.6 Å². The first-order chi connectivity index (χ1) is 13.7. The summed E-state index contributed by atoms with van der Waals surface area (Å²) in [5.74, 6) is 0. The zero-order valence-corrected chi connectivity index (χ0v) is 16.4. The fraction of sp³-hybridized carbons (Fsp3) is 0.0370. The Morgan fingerprint density at radius 1 is 0.571 bits per heavy atom. The molecule has 0 aliphatic carbocycles. The summed E-state index contributed by atoms with van der Waals surface area (Å²) in [7, 11) is 0. The van der Waals surface area contributed by atoms with Crippen LogP contribution in [0.15, 0.2) is 97.1 Å². The molecule has 0 atom stereocenters. The van der Waals surface area contributed by atoms with Crippen LogP contribution < -0.4 is 0 Å². The zero-order valence-electron chi connectivity index (χ0n) is 15.6. The maximum absolute atomic E-state index is 6.75. The van der Waals surface area contributed by atoms with Gasteiger partial charge in [-0.1, -0.05) is 102 Å². The maximum Gasteiger partial charge on any atom is 0.0490 e. The molecular weight excluding hydrogens is 360 g/mol. The summed E-state index contributed by atoms with van der Waals surface area (Å²) in [5.41, 5.74) is 5.87. The highest BCUT2D eigenvalue weighted by atomic mass is 35.5. The highest BCUT2D eigenvalue weighted by Crippen LogP contribution is 2.41. The number of halogens is 1. The Kier molecular flexibility index (Phi) is 4.15. The van der Waals surface area contributed by atoms with E-state index in [1.165, 1.54) is 32.7 Å². The molecule has 1 heteroatoms. The van der Waals surface area contributed by atoms with Crippen molar-refractivity contribution in [1.82, 2.24) is 0 Å². The fourth-order valence-electron chi connectivity index (χ4n) is 4.02. The van der Waals surface area contributed by atoms with E-state index >= 15 is 0 Å². The summed E-state index contributed by atoms with van der Waals surface area (Å²) in [6.07, 6.45) is 0. The maximum atomic E-state index is 6.75. The van der Waals surface area contributed by atoms with Gasteiger partial charge in [0, 0.05) is 10.6 Å². The van der Waals surface area contributed by atoms with E-state index in [1.54, 1.807) is 0 Å². The van der Waals surface area contributed by atoms with Gasteiger partial charge in [-0.3, -0.25) is 0 Å². The molecule has 0 radical (unpaired) electrons. The molecule has 0 heterocycles. The van der Waals surface area contributed by atoms with Crippen molar-refractivity contribution in [3.8, 4) is 22.3 Å². The molecule has 0 saturated heterocycles. The van der Waals surface area contributed by atoms with E-state index in [0.29, 0.717) is 0 Å². The first kappa shape index (κ1) is 17.0. The lowest BCUT2D eigenvalue weighted by molar-refractivity contribution is 1.50. The lowest BCUT2D eigenvalue weighted by Crippen LogP contribution is -1.89. The quantitative estimate of drug-likeness (QED) is 0.290. The molecule has 0 spiro atoms. The average molecular weight is 379 g/mol. The summed E-state index contributed by atoms with van der Waals surface area (Å²) in [5, 5.41) is 5.73. The first-order valence-corrected chi connectivity index (χ1v) is 9.86. The standard InChI is InChI=1S/C27H19Cl/c1-18-12-13-19-14-15-21(17-22(19)16-18)27-25(10-5-11-26(27)28)24-9-4-7-20-6-2-3-8-23(20)24/h2-17H,1H3. The minimum absolute atomic E-state index is 0.775. The third-order valence-electron chi connectivity index (χ3n) is 5.38. The lowest BCUT2D eigenvalue weighted by Gasteiger charge is -2.15. The van der Waals surface area contributed by atoms with Crippen molar-refractivity contribution < 1.29 is 0 Å². The third-order valence-corrected chi connectivity index (χ3v) is 5.69. The second kappa shape index (κ2) is 6.82. The van der Waals surface area contributed by atoms with Gasteiger partial charge in [0.25, 0.3) is 0 Å². The largest absolute Gasteiger partial charge is 0.0836 e. The Hall–Kier alpha value is -3.09. The molecule has 0 aromatic heterocycles. The SMILES string of the molecule is Cc1ccc2ccc(-c3c(Cl)cccc3-c3cccc4ccccc34)cc2c1. The van der Waals surface area contributed by atoms with E-state index in [1.807, 2.05) is 12.1 Å². The van der Waals surface area contributed by atoms with Crippen LogP contribution >= 0.6 is 11.6 Å². The number of aryl methyl sites for hydroxylation is 1. The van der Waals surface area contributed by atoms with Gasteiger partial charge in [0.2, 0.25) is 0 Å². The molecule has 5 aromatic carbocycles. The van der Waals surface area contributed by atoms with Crippen LogP contribution in [0.2, 0.25) is 5.02 Å². The highest BCUT2D eigenvalue weighted by Gasteiger charge is 2.14. The molecule has 0 nitrogen and oxygen atoms in total. The topological polar surface area (TPSA) is 0 Å². The summed E-state index contributed by atoms with van der Waals surface area (Å²) >= 11 is 6.75. The van der Waals surface area contributed by atoms with Crippen LogP contribution in [0, 0.1) is 6.92 Å². The van der Waals surface area contributed by atoms with Crippen molar-refractivity contribution >= 4 is 33.1 Å². The van der Waals surface area contributed by atoms with E-state index in [-0.39, 0.29) is 0 Å². The van der Waals surface area contributed by atoms with Crippen LogP contribution in [0.25, 0.3) is 43.8 Å². The Labute approximate surface area is 170 Å². The van der Waals surface area contributed by atoms with E-state index in [2.05, 4.69) is 91.9 Å². The van der Waals surface area contributed by atoms with Crippen molar-refractivity contribution in [2.45, 2.75) is 6.92 Å². The third kappa shape index (κ3) is 2.87. The molecule has 5 rings (SSSR count). The van der Waals surface area contributed by atoms with Crippen LogP contribution in [0.4, 0.5) is 0 Å². The van der Waals surface area contributed by atoms with Gasteiger partial charge in [0.1, 0.15) is 0 Å². The van der Waals surface area contributed by atoms with Crippen molar-refractivity contribution in [3.63, 3.8) is 0 Å². The zero-order chi connectivity index (χ0) is 19.1. The molecule has 0 unspecified atom stereocenters. The predicted molar refractivity (Wildman–Crippen MR) is 122 cm³/mol. The fourth-order valence-corrected chi connectivity index (χ4v) is 4.31. The second-order valence-corrected chi connectivity index (χ2v) is 7.66. The summed E-state index contributed by atoms with van der Waals surface area (Å²) in [4.78, 5) is 0. The van der Waals surface area contributed by atoms with Crippen molar-refractivity contribution in [3.05, 3.63) is 108 Å². The molecule has 0 aliphatic heterocycles. The van der Waals surface area contributed by atoms with Crippen LogP contribution in [-0.2, 0) is 0 Å². The highest BCUT2D eigenvalue weighted by molar-refractivity contribution is 6.34. The number of hydrogen-bond acceptors (Lipinski definition) is 0. The molecule has 0 amide bonds. The summed E-state index contributed by atoms with van der Waals surface area (Å²) in [6.45, 7) is 2.13. The van der Waals surface area contributed by atoms with Crippen molar-refractivity contribution in [1.29, 1.82) is 0 Å². The molecule has 0 N–H and O–H groups in total. The van der Waals surface area contributed by atoms with Gasteiger partial charge in [-0.25, -0.2) is 0 Å². The second-order valence-electron chi connectivity index (χ2n) is 7.25. The normalized spacial score (nSPS) is 11.2. The van der Waals surface area contributed by atoms with Gasteiger partial charge in [-0.15, -0.1) is 0 Å². The van der Waals surface area contributed by atoms with Gasteiger partial charge in [-0.2, -0.15) is 0 Å². The molecule has 5 aromatic rings. The minimum atomic E-state index is 0.775. The molecule has 0 fully saturated rings. The van der Waals surface area contributed by atoms with Crippen LogP contribution in [0.5, 0.6) is 0 Å². The molecule has 134 valence electrons. The van der Waals surface area contributed by atoms with Crippen molar-refractivity contribution in [2.75, 3.05) is 0 Å². The Bertz CT molecular complexity index is 1330. The van der Waals surface area contributed by atoms with Crippen LogP contribution in [0.1, 0.15) is 5.56 Å². The smallest absolute Gasteiger partial charge is 0.0490 e. The number of fused-ring (bicyclic) bond motifs is 2. The summed E-state index contributed by atoms with van der Waals surface area (Å²) < 4.78 is 0. The van der Waals surface area contributed by atoms with Crippen LogP contribution in [-0.4, -0.2) is 0 Å². The van der Waals surface area contributed by atoms with Crippen LogP contribution in [0.3, 0.4) is 0 Å². The van der Waals surface area contributed by atoms with E-state index in [0.717, 1.165) is 21.7 Å². The summed E-state index contributed by atoms with van der Waals surface area (Å²) in [6, 6.07) is 34.3. The first-order valence-electron chi connectivity index (χ1n) is 9.48. The number of benzene rings is 5. The molecule has 28 heavy (non-hydrogen) atoms.